The normalized spacial score (nSPS) is 16.4. The Kier molecular flexibility index (Phi) is 4.51. The van der Waals surface area contributed by atoms with Gasteiger partial charge in [-0.05, 0) is 18.1 Å². The second-order valence-corrected chi connectivity index (χ2v) is 6.89. The summed E-state index contributed by atoms with van der Waals surface area (Å²) < 4.78 is 3.92. The van der Waals surface area contributed by atoms with Crippen molar-refractivity contribution in [2.24, 2.45) is 0 Å². The van der Waals surface area contributed by atoms with Crippen LogP contribution in [0.25, 0.3) is 0 Å². The molecule has 1 amide bonds. The summed E-state index contributed by atoms with van der Waals surface area (Å²) in [5, 5.41) is 8.17. The minimum absolute atomic E-state index is 0.0190. The van der Waals surface area contributed by atoms with Crippen molar-refractivity contribution in [3.8, 4) is 0 Å². The zero-order valence-electron chi connectivity index (χ0n) is 14.5. The molecule has 2 aromatic heterocycles. The molecule has 3 aromatic rings. The topological polar surface area (TPSA) is 64.7 Å². The Hall–Kier alpha value is -2.60. The lowest BCUT2D eigenvalue weighted by Gasteiger charge is -2.24. The number of carbonyl (C=O) groups excluding carboxylic acids is 1. The van der Waals surface area contributed by atoms with Crippen molar-refractivity contribution in [1.82, 2.24) is 19.3 Å². The van der Waals surface area contributed by atoms with E-state index in [1.807, 2.05) is 36.7 Å². The molecule has 1 unspecified atom stereocenters. The number of aryl methyl sites for hydroxylation is 1. The fourth-order valence-electron chi connectivity index (χ4n) is 3.47. The number of amides is 1. The number of imidazole rings is 1. The molecule has 0 aliphatic carbocycles. The number of anilines is 1. The van der Waals surface area contributed by atoms with Crippen LogP contribution in [0.4, 0.5) is 5.82 Å². The number of nitrogens with zero attached hydrogens (tertiary/aromatic N) is 4. The maximum absolute atomic E-state index is 12.4. The van der Waals surface area contributed by atoms with Gasteiger partial charge in [0.25, 0.3) is 0 Å². The van der Waals surface area contributed by atoms with Gasteiger partial charge in [-0.15, -0.1) is 0 Å². The molecule has 0 spiro atoms. The lowest BCUT2D eigenvalue weighted by Crippen LogP contribution is -2.26. The highest BCUT2D eigenvalue weighted by atomic mass is 35.5. The first-order valence-corrected chi connectivity index (χ1v) is 9.15. The lowest BCUT2D eigenvalue weighted by molar-refractivity contribution is -0.116. The predicted octanol–water partition coefficient (Wildman–Crippen LogP) is 3.67. The molecular weight excluding hydrogens is 350 g/mol. The van der Waals surface area contributed by atoms with Crippen LogP contribution in [0.2, 0.25) is 5.02 Å². The summed E-state index contributed by atoms with van der Waals surface area (Å²) in [5.41, 5.74) is 1.96. The third-order valence-electron chi connectivity index (χ3n) is 4.69. The molecule has 6 nitrogen and oxygen atoms in total. The SMILES string of the molecule is CCCn1ccnc1C1CC(=O)Nc2c1cnn2Cc1ccccc1Cl. The van der Waals surface area contributed by atoms with Crippen molar-refractivity contribution in [2.75, 3.05) is 5.32 Å². The molecule has 0 saturated carbocycles. The molecule has 1 N–H and O–H groups in total. The largest absolute Gasteiger partial charge is 0.334 e. The maximum Gasteiger partial charge on any atom is 0.226 e. The summed E-state index contributed by atoms with van der Waals surface area (Å²) in [5.74, 6) is 1.55. The van der Waals surface area contributed by atoms with Gasteiger partial charge >= 0.3 is 0 Å². The van der Waals surface area contributed by atoms with E-state index in [2.05, 4.69) is 26.9 Å². The molecule has 7 heteroatoms. The molecule has 134 valence electrons. The van der Waals surface area contributed by atoms with E-state index in [0.29, 0.717) is 18.0 Å². The van der Waals surface area contributed by atoms with E-state index in [4.69, 9.17) is 11.6 Å². The molecule has 1 aliphatic rings. The lowest BCUT2D eigenvalue weighted by atomic mass is 9.93. The van der Waals surface area contributed by atoms with Gasteiger partial charge in [0.1, 0.15) is 11.6 Å². The average Bonchev–Trinajstić information content (AvgIpc) is 3.24. The Morgan fingerprint density at radius 3 is 3.00 bits per heavy atom. The van der Waals surface area contributed by atoms with Crippen LogP contribution in [0, 0.1) is 0 Å². The fraction of sp³-hybridized carbons (Fsp3) is 0.316. The quantitative estimate of drug-likeness (QED) is 0.746. The van der Waals surface area contributed by atoms with Crippen LogP contribution in [0.1, 0.15) is 42.6 Å². The van der Waals surface area contributed by atoms with Gasteiger partial charge in [-0.25, -0.2) is 9.67 Å². The third kappa shape index (κ3) is 3.01. The number of rotatable bonds is 5. The Morgan fingerprint density at radius 2 is 2.19 bits per heavy atom. The van der Waals surface area contributed by atoms with E-state index >= 15 is 0 Å². The number of fused-ring (bicyclic) bond motifs is 1. The van der Waals surface area contributed by atoms with Crippen LogP contribution in [0.3, 0.4) is 0 Å². The number of halogens is 1. The maximum atomic E-state index is 12.4. The van der Waals surface area contributed by atoms with E-state index in [-0.39, 0.29) is 11.8 Å². The van der Waals surface area contributed by atoms with E-state index in [1.165, 1.54) is 0 Å². The minimum Gasteiger partial charge on any atom is -0.334 e. The number of carbonyl (C=O) groups is 1. The van der Waals surface area contributed by atoms with E-state index in [9.17, 15) is 4.79 Å². The molecule has 1 aliphatic heterocycles. The summed E-state index contributed by atoms with van der Waals surface area (Å²) in [7, 11) is 0. The number of hydrogen-bond acceptors (Lipinski definition) is 3. The molecule has 0 fully saturated rings. The first kappa shape index (κ1) is 16.8. The summed E-state index contributed by atoms with van der Waals surface area (Å²) in [6, 6.07) is 7.66. The Bertz CT molecular complexity index is 945. The van der Waals surface area contributed by atoms with Crippen molar-refractivity contribution >= 4 is 23.3 Å². The molecular formula is C19H20ClN5O. The molecule has 1 aromatic carbocycles. The summed E-state index contributed by atoms with van der Waals surface area (Å²) in [6.45, 7) is 3.52. The van der Waals surface area contributed by atoms with Crippen LogP contribution in [-0.4, -0.2) is 25.2 Å². The fourth-order valence-corrected chi connectivity index (χ4v) is 3.66. The van der Waals surface area contributed by atoms with Gasteiger partial charge in [0.15, 0.2) is 0 Å². The first-order chi connectivity index (χ1) is 12.7. The average molecular weight is 370 g/mol. The molecule has 1 atom stereocenters. The van der Waals surface area contributed by atoms with Crippen LogP contribution in [-0.2, 0) is 17.9 Å². The summed E-state index contributed by atoms with van der Waals surface area (Å²) in [4.78, 5) is 16.9. The number of hydrogen-bond donors (Lipinski definition) is 1. The smallest absolute Gasteiger partial charge is 0.226 e. The first-order valence-electron chi connectivity index (χ1n) is 8.77. The van der Waals surface area contributed by atoms with Crippen LogP contribution in [0.15, 0.2) is 42.9 Å². The van der Waals surface area contributed by atoms with Crippen molar-refractivity contribution in [3.05, 3.63) is 64.8 Å². The summed E-state index contributed by atoms with van der Waals surface area (Å²) >= 11 is 6.28. The molecule has 0 saturated heterocycles. The van der Waals surface area contributed by atoms with Gasteiger partial charge in [-0.1, -0.05) is 36.7 Å². The Balaban J connectivity index is 1.71. The van der Waals surface area contributed by atoms with Gasteiger partial charge < -0.3 is 9.88 Å². The van der Waals surface area contributed by atoms with Gasteiger partial charge in [-0.2, -0.15) is 5.10 Å². The molecule has 0 radical (unpaired) electrons. The number of aromatic nitrogens is 4. The van der Waals surface area contributed by atoms with Gasteiger partial charge in [0.2, 0.25) is 5.91 Å². The van der Waals surface area contributed by atoms with E-state index in [1.54, 1.807) is 10.9 Å². The van der Waals surface area contributed by atoms with Gasteiger partial charge in [0.05, 0.1) is 18.7 Å². The number of nitrogens with one attached hydrogen (secondary N) is 1. The van der Waals surface area contributed by atoms with E-state index < -0.39 is 0 Å². The van der Waals surface area contributed by atoms with Crippen LogP contribution in [0.5, 0.6) is 0 Å². The van der Waals surface area contributed by atoms with Gasteiger partial charge in [0, 0.05) is 35.9 Å². The molecule has 0 bridgehead atoms. The monoisotopic (exact) mass is 369 g/mol. The van der Waals surface area contributed by atoms with Crippen molar-refractivity contribution < 1.29 is 4.79 Å². The highest BCUT2D eigenvalue weighted by Crippen LogP contribution is 2.36. The molecule has 4 rings (SSSR count). The van der Waals surface area contributed by atoms with E-state index in [0.717, 1.165) is 35.7 Å². The van der Waals surface area contributed by atoms with Crippen molar-refractivity contribution in [2.45, 2.75) is 38.8 Å². The Morgan fingerprint density at radius 1 is 1.35 bits per heavy atom. The van der Waals surface area contributed by atoms with Crippen molar-refractivity contribution in [3.63, 3.8) is 0 Å². The molecule has 3 heterocycles. The standard InChI is InChI=1S/C19H20ClN5O/c1-2-8-24-9-7-21-18(24)14-10-17(26)23-19-15(14)11-22-25(19)12-13-5-3-4-6-16(13)20/h3-7,9,11,14H,2,8,10,12H2,1H3,(H,23,26). The van der Waals surface area contributed by atoms with Crippen LogP contribution < -0.4 is 5.32 Å². The third-order valence-corrected chi connectivity index (χ3v) is 5.06. The summed E-state index contributed by atoms with van der Waals surface area (Å²) in [6.07, 6.45) is 7.00. The Labute approximate surface area is 156 Å². The minimum atomic E-state index is -0.0831. The second-order valence-electron chi connectivity index (χ2n) is 6.48. The highest BCUT2D eigenvalue weighted by molar-refractivity contribution is 6.31. The highest BCUT2D eigenvalue weighted by Gasteiger charge is 2.32. The van der Waals surface area contributed by atoms with Gasteiger partial charge in [-0.3, -0.25) is 4.79 Å². The zero-order chi connectivity index (χ0) is 18.1. The number of benzene rings is 1. The molecule has 26 heavy (non-hydrogen) atoms. The van der Waals surface area contributed by atoms with Crippen molar-refractivity contribution in [1.29, 1.82) is 0 Å². The second kappa shape index (κ2) is 6.96. The van der Waals surface area contributed by atoms with Crippen LogP contribution >= 0.6 is 11.6 Å². The zero-order valence-corrected chi connectivity index (χ0v) is 15.3. The predicted molar refractivity (Wildman–Crippen MR) is 100 cm³/mol.